The number of amides is 1. The van der Waals surface area contributed by atoms with Crippen LogP contribution in [0.5, 0.6) is 5.75 Å². The van der Waals surface area contributed by atoms with Crippen LogP contribution in [0.4, 0.5) is 5.82 Å². The van der Waals surface area contributed by atoms with Gasteiger partial charge in [-0.15, -0.1) is 0 Å². The summed E-state index contributed by atoms with van der Waals surface area (Å²) < 4.78 is 10.0. The zero-order valence-corrected chi connectivity index (χ0v) is 12.9. The Morgan fingerprint density at radius 3 is 2.68 bits per heavy atom. The maximum atomic E-state index is 11.7. The van der Waals surface area contributed by atoms with Crippen LogP contribution in [0.15, 0.2) is 34.9 Å². The number of methoxy groups -OCH3 is 1. The summed E-state index contributed by atoms with van der Waals surface area (Å²) in [5.74, 6) is 1.91. The van der Waals surface area contributed by atoms with Gasteiger partial charge in [0.2, 0.25) is 5.91 Å². The maximum absolute atomic E-state index is 11.7. The number of carbonyl (C=O) groups excluding carboxylic acids is 1. The van der Waals surface area contributed by atoms with Gasteiger partial charge in [0, 0.05) is 19.0 Å². The molecule has 22 heavy (non-hydrogen) atoms. The number of anilines is 1. The molecule has 0 spiro atoms. The molecule has 6 heteroatoms. The van der Waals surface area contributed by atoms with Crippen molar-refractivity contribution in [1.82, 2.24) is 10.5 Å². The first-order valence-electron chi connectivity index (χ1n) is 7.24. The van der Waals surface area contributed by atoms with E-state index in [0.29, 0.717) is 24.5 Å². The predicted octanol–water partition coefficient (Wildman–Crippen LogP) is 2.15. The van der Waals surface area contributed by atoms with Gasteiger partial charge in [0.1, 0.15) is 11.5 Å². The number of hydrogen-bond donors (Lipinski definition) is 2. The lowest BCUT2D eigenvalue weighted by Gasteiger charge is -2.06. The second-order valence-electron chi connectivity index (χ2n) is 4.97. The van der Waals surface area contributed by atoms with Crippen LogP contribution in [0.1, 0.15) is 17.7 Å². The van der Waals surface area contributed by atoms with E-state index in [9.17, 15) is 4.79 Å². The van der Waals surface area contributed by atoms with E-state index < -0.39 is 0 Å². The Morgan fingerprint density at radius 1 is 1.27 bits per heavy atom. The summed E-state index contributed by atoms with van der Waals surface area (Å²) in [4.78, 5) is 11.7. The quantitative estimate of drug-likeness (QED) is 0.731. The number of benzene rings is 1. The van der Waals surface area contributed by atoms with Gasteiger partial charge < -0.3 is 19.9 Å². The van der Waals surface area contributed by atoms with Gasteiger partial charge in [0.25, 0.3) is 0 Å². The molecule has 0 saturated heterocycles. The number of rotatable bonds is 8. The van der Waals surface area contributed by atoms with Crippen LogP contribution in [0.2, 0.25) is 0 Å². The van der Waals surface area contributed by atoms with Crippen molar-refractivity contribution in [2.75, 3.05) is 25.5 Å². The van der Waals surface area contributed by atoms with E-state index in [1.807, 2.05) is 24.3 Å². The van der Waals surface area contributed by atoms with Gasteiger partial charge in [-0.2, -0.15) is 0 Å². The largest absolute Gasteiger partial charge is 0.497 e. The number of aromatic nitrogens is 1. The van der Waals surface area contributed by atoms with Crippen LogP contribution in [0, 0.1) is 6.92 Å². The average Bonchev–Trinajstić information content (AvgIpc) is 2.92. The van der Waals surface area contributed by atoms with Gasteiger partial charge in [-0.25, -0.2) is 0 Å². The van der Waals surface area contributed by atoms with E-state index in [1.54, 1.807) is 20.1 Å². The zero-order chi connectivity index (χ0) is 15.8. The first-order chi connectivity index (χ1) is 10.7. The number of hydrogen-bond acceptors (Lipinski definition) is 5. The summed E-state index contributed by atoms with van der Waals surface area (Å²) in [5, 5.41) is 9.65. The van der Waals surface area contributed by atoms with Crippen LogP contribution in [-0.4, -0.2) is 31.3 Å². The molecule has 1 amide bonds. The third-order valence-corrected chi connectivity index (χ3v) is 3.17. The summed E-state index contributed by atoms with van der Waals surface area (Å²) in [6, 6.07) is 9.67. The summed E-state index contributed by atoms with van der Waals surface area (Å²) in [6.45, 7) is 3.23. The number of nitrogens with one attached hydrogen (secondary N) is 2. The van der Waals surface area contributed by atoms with Gasteiger partial charge in [0.15, 0.2) is 5.82 Å². The van der Waals surface area contributed by atoms with Crippen molar-refractivity contribution in [3.05, 3.63) is 41.7 Å². The molecule has 0 saturated carbocycles. The van der Waals surface area contributed by atoms with Gasteiger partial charge in [-0.05, 0) is 37.6 Å². The Labute approximate surface area is 129 Å². The molecule has 0 radical (unpaired) electrons. The van der Waals surface area contributed by atoms with E-state index in [-0.39, 0.29) is 5.91 Å². The molecule has 1 aromatic heterocycles. The molecule has 1 heterocycles. The standard InChI is InChI=1S/C16H21N3O3/c1-12-11-15(19-22-12)18-16(20)8-10-17-9-7-13-3-5-14(21-2)6-4-13/h3-6,11,17H,7-10H2,1-2H3,(H,18,19,20). The predicted molar refractivity (Wildman–Crippen MR) is 84.1 cm³/mol. The molecule has 0 unspecified atom stereocenters. The summed E-state index contributed by atoms with van der Waals surface area (Å²) in [7, 11) is 1.65. The Kier molecular flexibility index (Phi) is 5.97. The van der Waals surface area contributed by atoms with Crippen molar-refractivity contribution in [3.63, 3.8) is 0 Å². The van der Waals surface area contributed by atoms with Gasteiger partial charge in [-0.3, -0.25) is 4.79 Å². The molecule has 2 rings (SSSR count). The number of carbonyl (C=O) groups is 1. The third kappa shape index (κ3) is 5.21. The first kappa shape index (κ1) is 16.0. The monoisotopic (exact) mass is 303 g/mol. The molecule has 2 N–H and O–H groups in total. The van der Waals surface area contributed by atoms with E-state index in [1.165, 1.54) is 5.56 Å². The lowest BCUT2D eigenvalue weighted by molar-refractivity contribution is -0.116. The molecule has 0 aliphatic rings. The highest BCUT2D eigenvalue weighted by Crippen LogP contribution is 2.11. The van der Waals surface area contributed by atoms with Crippen molar-refractivity contribution in [3.8, 4) is 5.75 Å². The zero-order valence-electron chi connectivity index (χ0n) is 12.9. The van der Waals surface area contributed by atoms with Gasteiger partial charge in [-0.1, -0.05) is 17.3 Å². The minimum Gasteiger partial charge on any atom is -0.497 e. The van der Waals surface area contributed by atoms with Gasteiger partial charge in [0.05, 0.1) is 7.11 Å². The molecule has 0 fully saturated rings. The first-order valence-corrected chi connectivity index (χ1v) is 7.24. The molecular weight excluding hydrogens is 282 g/mol. The minimum absolute atomic E-state index is 0.0785. The fourth-order valence-electron chi connectivity index (χ4n) is 1.98. The molecule has 0 aliphatic carbocycles. The Balaban J connectivity index is 1.59. The minimum atomic E-state index is -0.0785. The Morgan fingerprint density at radius 2 is 2.05 bits per heavy atom. The molecule has 1 aromatic carbocycles. The van der Waals surface area contributed by atoms with E-state index >= 15 is 0 Å². The van der Waals surface area contributed by atoms with E-state index in [4.69, 9.17) is 9.26 Å². The van der Waals surface area contributed by atoms with Crippen LogP contribution in [0.25, 0.3) is 0 Å². The third-order valence-electron chi connectivity index (χ3n) is 3.17. The molecule has 118 valence electrons. The molecule has 2 aromatic rings. The fraction of sp³-hybridized carbons (Fsp3) is 0.375. The molecule has 6 nitrogen and oxygen atoms in total. The second-order valence-corrected chi connectivity index (χ2v) is 4.97. The summed E-state index contributed by atoms with van der Waals surface area (Å²) in [6.07, 6.45) is 1.31. The SMILES string of the molecule is COc1ccc(CCNCCC(=O)Nc2cc(C)on2)cc1. The van der Waals surface area contributed by atoms with Crippen molar-refractivity contribution in [2.24, 2.45) is 0 Å². The van der Waals surface area contributed by atoms with E-state index in [0.717, 1.165) is 18.7 Å². The smallest absolute Gasteiger partial charge is 0.226 e. The topological polar surface area (TPSA) is 76.4 Å². The Bertz CT molecular complexity index is 593. The highest BCUT2D eigenvalue weighted by atomic mass is 16.5. The van der Waals surface area contributed by atoms with Crippen LogP contribution >= 0.6 is 0 Å². The highest BCUT2D eigenvalue weighted by molar-refractivity contribution is 5.89. The fourth-order valence-corrected chi connectivity index (χ4v) is 1.98. The normalized spacial score (nSPS) is 10.5. The summed E-state index contributed by atoms with van der Waals surface area (Å²) >= 11 is 0. The van der Waals surface area contributed by atoms with E-state index in [2.05, 4.69) is 15.8 Å². The average molecular weight is 303 g/mol. The van der Waals surface area contributed by atoms with Crippen molar-refractivity contribution in [1.29, 1.82) is 0 Å². The lowest BCUT2D eigenvalue weighted by Crippen LogP contribution is -2.23. The second kappa shape index (κ2) is 8.19. The maximum Gasteiger partial charge on any atom is 0.226 e. The Hall–Kier alpha value is -2.34. The molecule has 0 aliphatic heterocycles. The van der Waals surface area contributed by atoms with Crippen LogP contribution in [0.3, 0.4) is 0 Å². The summed E-state index contributed by atoms with van der Waals surface area (Å²) in [5.41, 5.74) is 1.23. The lowest BCUT2D eigenvalue weighted by atomic mass is 10.1. The molecule has 0 atom stereocenters. The number of aryl methyl sites for hydroxylation is 1. The van der Waals surface area contributed by atoms with Crippen molar-refractivity contribution >= 4 is 11.7 Å². The highest BCUT2D eigenvalue weighted by Gasteiger charge is 2.05. The number of nitrogens with zero attached hydrogens (tertiary/aromatic N) is 1. The van der Waals surface area contributed by atoms with Crippen molar-refractivity contribution < 1.29 is 14.1 Å². The van der Waals surface area contributed by atoms with Crippen LogP contribution < -0.4 is 15.4 Å². The molecular formula is C16H21N3O3. The number of ether oxygens (including phenoxy) is 1. The van der Waals surface area contributed by atoms with Gasteiger partial charge >= 0.3 is 0 Å². The molecule has 0 bridgehead atoms. The van der Waals surface area contributed by atoms with Crippen LogP contribution in [-0.2, 0) is 11.2 Å². The van der Waals surface area contributed by atoms with Crippen molar-refractivity contribution in [2.45, 2.75) is 19.8 Å².